The number of rotatable bonds is 1. The molecule has 2 aliphatic heterocycles. The first kappa shape index (κ1) is 15.6. The number of anilines is 1. The van der Waals surface area contributed by atoms with Crippen LogP contribution in [0.15, 0.2) is 53.3 Å². The zero-order valence-electron chi connectivity index (χ0n) is 13.8. The van der Waals surface area contributed by atoms with Crippen molar-refractivity contribution in [3.63, 3.8) is 0 Å². The van der Waals surface area contributed by atoms with Gasteiger partial charge in [-0.2, -0.15) is 21.8 Å². The lowest BCUT2D eigenvalue weighted by Crippen LogP contribution is -2.47. The first-order chi connectivity index (χ1) is 12.7. The van der Waals surface area contributed by atoms with E-state index in [4.69, 9.17) is 5.10 Å². The SMILES string of the molecule is O=c1nc2n(nc1-c1ccc(F)cc1)[C@@]1(CCSC1)Nc1ccccc1-2. The second-order valence-electron chi connectivity index (χ2n) is 6.51. The van der Waals surface area contributed by atoms with E-state index in [0.717, 1.165) is 29.2 Å². The van der Waals surface area contributed by atoms with Crippen molar-refractivity contribution in [3.05, 3.63) is 64.7 Å². The molecule has 3 aromatic rings. The fourth-order valence-corrected chi connectivity index (χ4v) is 4.86. The summed E-state index contributed by atoms with van der Waals surface area (Å²) in [6, 6.07) is 13.6. The van der Waals surface area contributed by atoms with Crippen LogP contribution in [0.2, 0.25) is 0 Å². The van der Waals surface area contributed by atoms with Crippen LogP contribution in [0.1, 0.15) is 6.42 Å². The van der Waals surface area contributed by atoms with Gasteiger partial charge in [0.15, 0.2) is 11.5 Å². The molecule has 0 bridgehead atoms. The van der Waals surface area contributed by atoms with Crippen molar-refractivity contribution in [3.8, 4) is 22.6 Å². The summed E-state index contributed by atoms with van der Waals surface area (Å²) in [6.45, 7) is 0. The minimum absolute atomic E-state index is 0.242. The number of nitrogens with zero attached hydrogens (tertiary/aromatic N) is 3. The molecular formula is C19H15FN4OS. The summed E-state index contributed by atoms with van der Waals surface area (Å²) in [7, 11) is 0. The predicted molar refractivity (Wildman–Crippen MR) is 101 cm³/mol. The van der Waals surface area contributed by atoms with Crippen LogP contribution in [-0.2, 0) is 5.66 Å². The van der Waals surface area contributed by atoms with Crippen LogP contribution < -0.4 is 10.9 Å². The Morgan fingerprint density at radius 1 is 1.15 bits per heavy atom. The number of benzene rings is 2. The van der Waals surface area contributed by atoms with Crippen molar-refractivity contribution in [1.29, 1.82) is 0 Å². The van der Waals surface area contributed by atoms with Gasteiger partial charge in [-0.3, -0.25) is 4.79 Å². The molecule has 2 aromatic carbocycles. The molecule has 1 spiro atoms. The van der Waals surface area contributed by atoms with E-state index >= 15 is 0 Å². The van der Waals surface area contributed by atoms with E-state index in [1.807, 2.05) is 40.7 Å². The molecule has 1 N–H and O–H groups in total. The average molecular weight is 366 g/mol. The monoisotopic (exact) mass is 366 g/mol. The zero-order chi connectivity index (χ0) is 17.7. The molecule has 0 radical (unpaired) electrons. The van der Waals surface area contributed by atoms with Gasteiger partial charge in [0.05, 0.1) is 0 Å². The standard InChI is InChI=1S/C19H15FN4OS/c20-13-7-5-12(6-8-13)16-18(25)21-17-14-3-1-2-4-15(14)22-19(24(17)23-16)9-10-26-11-19/h1-8,22H,9-11H2/t19-/m1/s1. The highest BCUT2D eigenvalue weighted by Gasteiger charge is 2.42. The minimum Gasteiger partial charge on any atom is -0.360 e. The highest BCUT2D eigenvalue weighted by Crippen LogP contribution is 2.43. The van der Waals surface area contributed by atoms with E-state index in [2.05, 4.69) is 10.3 Å². The van der Waals surface area contributed by atoms with Crippen LogP contribution in [0.3, 0.4) is 0 Å². The van der Waals surface area contributed by atoms with Gasteiger partial charge in [0.2, 0.25) is 0 Å². The molecule has 1 saturated heterocycles. The van der Waals surface area contributed by atoms with Crippen LogP contribution in [0.5, 0.6) is 0 Å². The number of nitrogens with one attached hydrogen (secondary N) is 1. The molecule has 0 amide bonds. The Balaban J connectivity index is 1.77. The summed E-state index contributed by atoms with van der Waals surface area (Å²) in [4.78, 5) is 17.1. The third kappa shape index (κ3) is 2.27. The lowest BCUT2D eigenvalue weighted by molar-refractivity contribution is 0.333. The molecule has 7 heteroatoms. The summed E-state index contributed by atoms with van der Waals surface area (Å²) in [6.07, 6.45) is 0.888. The largest absolute Gasteiger partial charge is 0.360 e. The Labute approximate surface area is 153 Å². The first-order valence-electron chi connectivity index (χ1n) is 8.39. The molecular weight excluding hydrogens is 351 g/mol. The molecule has 3 heterocycles. The number of fused-ring (bicyclic) bond motifs is 4. The molecule has 2 aliphatic rings. The van der Waals surface area contributed by atoms with Crippen molar-refractivity contribution >= 4 is 17.4 Å². The van der Waals surface area contributed by atoms with Crippen LogP contribution in [-0.4, -0.2) is 26.3 Å². The number of aromatic nitrogens is 3. The van der Waals surface area contributed by atoms with Crippen molar-refractivity contribution in [1.82, 2.24) is 14.8 Å². The van der Waals surface area contributed by atoms with Gasteiger partial charge in [0.1, 0.15) is 11.5 Å². The lowest BCUT2D eigenvalue weighted by atomic mass is 10.0. The van der Waals surface area contributed by atoms with E-state index in [-0.39, 0.29) is 11.5 Å². The average Bonchev–Trinajstić information content (AvgIpc) is 3.11. The second-order valence-corrected chi connectivity index (χ2v) is 7.62. The van der Waals surface area contributed by atoms with Gasteiger partial charge < -0.3 is 5.32 Å². The van der Waals surface area contributed by atoms with Gasteiger partial charge >= 0.3 is 0 Å². The molecule has 1 aromatic heterocycles. The fourth-order valence-electron chi connectivity index (χ4n) is 3.56. The summed E-state index contributed by atoms with van der Waals surface area (Å²) in [5.74, 6) is 2.08. The fraction of sp³-hybridized carbons (Fsp3) is 0.211. The smallest absolute Gasteiger partial charge is 0.300 e. The van der Waals surface area contributed by atoms with Crippen LogP contribution in [0, 0.1) is 5.82 Å². The molecule has 5 rings (SSSR count). The number of thioether (sulfide) groups is 1. The van der Waals surface area contributed by atoms with Crippen molar-refractivity contribution in [2.24, 2.45) is 0 Å². The Hall–Kier alpha value is -2.67. The van der Waals surface area contributed by atoms with Gasteiger partial charge in [-0.1, -0.05) is 12.1 Å². The van der Waals surface area contributed by atoms with Gasteiger partial charge in [-0.15, -0.1) is 0 Å². The number of para-hydroxylation sites is 1. The van der Waals surface area contributed by atoms with E-state index in [0.29, 0.717) is 11.4 Å². The topological polar surface area (TPSA) is 59.8 Å². The number of hydrogen-bond donors (Lipinski definition) is 1. The number of halogens is 1. The first-order valence-corrected chi connectivity index (χ1v) is 9.55. The van der Waals surface area contributed by atoms with E-state index in [1.54, 1.807) is 12.1 Å². The third-order valence-electron chi connectivity index (χ3n) is 4.87. The van der Waals surface area contributed by atoms with Gasteiger partial charge in [-0.25, -0.2) is 9.07 Å². The zero-order valence-corrected chi connectivity index (χ0v) is 14.6. The highest BCUT2D eigenvalue weighted by atomic mass is 32.2. The maximum Gasteiger partial charge on any atom is 0.300 e. The lowest BCUT2D eigenvalue weighted by Gasteiger charge is -2.38. The Kier molecular flexibility index (Phi) is 3.40. The predicted octanol–water partition coefficient (Wildman–Crippen LogP) is 3.33. The Morgan fingerprint density at radius 3 is 2.73 bits per heavy atom. The van der Waals surface area contributed by atoms with Gasteiger partial charge in [0.25, 0.3) is 5.56 Å². The molecule has 0 aliphatic carbocycles. The molecule has 0 unspecified atom stereocenters. The number of hydrogen-bond acceptors (Lipinski definition) is 5. The van der Waals surface area contributed by atoms with Crippen molar-refractivity contribution in [2.45, 2.75) is 12.1 Å². The summed E-state index contributed by atoms with van der Waals surface area (Å²) in [5, 5.41) is 8.30. The van der Waals surface area contributed by atoms with Crippen LogP contribution >= 0.6 is 11.8 Å². The molecule has 130 valence electrons. The van der Waals surface area contributed by atoms with E-state index in [1.165, 1.54) is 12.1 Å². The Bertz CT molecular complexity index is 1060. The highest BCUT2D eigenvalue weighted by molar-refractivity contribution is 7.99. The van der Waals surface area contributed by atoms with Crippen molar-refractivity contribution in [2.75, 3.05) is 16.8 Å². The Morgan fingerprint density at radius 2 is 1.96 bits per heavy atom. The maximum atomic E-state index is 13.3. The third-order valence-corrected chi connectivity index (χ3v) is 6.04. The second kappa shape index (κ2) is 5.67. The van der Waals surface area contributed by atoms with E-state index < -0.39 is 11.2 Å². The van der Waals surface area contributed by atoms with Crippen LogP contribution in [0.25, 0.3) is 22.6 Å². The summed E-state index contributed by atoms with van der Waals surface area (Å²) in [5.41, 5.74) is 1.85. The molecule has 1 fully saturated rings. The van der Waals surface area contributed by atoms with E-state index in [9.17, 15) is 9.18 Å². The normalized spacial score (nSPS) is 20.5. The molecule has 26 heavy (non-hydrogen) atoms. The van der Waals surface area contributed by atoms with Crippen LogP contribution in [0.4, 0.5) is 10.1 Å². The maximum absolute atomic E-state index is 13.3. The molecule has 0 saturated carbocycles. The minimum atomic E-state index is -0.402. The molecule has 5 nitrogen and oxygen atoms in total. The van der Waals surface area contributed by atoms with Gasteiger partial charge in [0, 0.05) is 29.0 Å². The van der Waals surface area contributed by atoms with Crippen molar-refractivity contribution < 1.29 is 4.39 Å². The van der Waals surface area contributed by atoms with Gasteiger partial charge in [-0.05, 0) is 42.2 Å². The summed E-state index contributed by atoms with van der Waals surface area (Å²) < 4.78 is 15.1. The molecule has 1 atom stereocenters. The summed E-state index contributed by atoms with van der Waals surface area (Å²) >= 11 is 1.85. The quantitative estimate of drug-likeness (QED) is 0.716.